The first-order valence-corrected chi connectivity index (χ1v) is 9.89. The maximum absolute atomic E-state index is 12.7. The molecule has 0 saturated heterocycles. The van der Waals surface area contributed by atoms with Crippen LogP contribution in [0.1, 0.15) is 43.9 Å². The van der Waals surface area contributed by atoms with Crippen LogP contribution < -0.4 is 0 Å². The third-order valence-corrected chi connectivity index (χ3v) is 5.25. The third-order valence-electron chi connectivity index (χ3n) is 5.00. The van der Waals surface area contributed by atoms with Crippen molar-refractivity contribution in [1.29, 1.82) is 0 Å². The van der Waals surface area contributed by atoms with Gasteiger partial charge in [-0.3, -0.25) is 0 Å². The summed E-state index contributed by atoms with van der Waals surface area (Å²) in [5.74, 6) is -0.680. The molecule has 0 N–H and O–H groups in total. The van der Waals surface area contributed by atoms with Crippen molar-refractivity contribution < 1.29 is 19.0 Å². The summed E-state index contributed by atoms with van der Waals surface area (Å²) in [6, 6.07) is 17.7. The van der Waals surface area contributed by atoms with Crippen molar-refractivity contribution in [3.63, 3.8) is 0 Å². The van der Waals surface area contributed by atoms with Gasteiger partial charge in [0.25, 0.3) is 0 Å². The Morgan fingerprint density at radius 3 is 2.46 bits per heavy atom. The molecule has 0 radical (unpaired) electrons. The van der Waals surface area contributed by atoms with Crippen LogP contribution in [0.5, 0.6) is 0 Å². The van der Waals surface area contributed by atoms with Crippen LogP contribution in [-0.4, -0.2) is 17.9 Å². The Morgan fingerprint density at radius 1 is 1.04 bits per heavy atom. The zero-order chi connectivity index (χ0) is 19.7. The summed E-state index contributed by atoms with van der Waals surface area (Å²) in [7, 11) is 0. The van der Waals surface area contributed by atoms with Crippen LogP contribution in [0.2, 0.25) is 5.02 Å². The summed E-state index contributed by atoms with van der Waals surface area (Å²) < 4.78 is 17.9. The molecule has 0 amide bonds. The number of benzene rings is 2. The van der Waals surface area contributed by atoms with Gasteiger partial charge in [0.05, 0.1) is 6.10 Å². The minimum atomic E-state index is -0.970. The van der Waals surface area contributed by atoms with Gasteiger partial charge in [0.15, 0.2) is 0 Å². The van der Waals surface area contributed by atoms with Gasteiger partial charge in [0, 0.05) is 25.3 Å². The number of carbonyl (C=O) groups excluding carboxylic acids is 1. The normalized spacial score (nSPS) is 23.6. The molecule has 2 aromatic carbocycles. The second-order valence-electron chi connectivity index (χ2n) is 7.65. The lowest BCUT2D eigenvalue weighted by molar-refractivity contribution is -0.217. The number of carbonyl (C=O) groups is 1. The second-order valence-corrected chi connectivity index (χ2v) is 8.08. The molecule has 0 fully saturated rings. The van der Waals surface area contributed by atoms with E-state index in [1.807, 2.05) is 30.3 Å². The minimum absolute atomic E-state index is 0.0543. The van der Waals surface area contributed by atoms with Gasteiger partial charge in [-0.2, -0.15) is 0 Å². The molecule has 2 aliphatic rings. The van der Waals surface area contributed by atoms with Crippen molar-refractivity contribution in [3.05, 3.63) is 82.1 Å². The van der Waals surface area contributed by atoms with Crippen molar-refractivity contribution in [3.8, 4) is 0 Å². The highest BCUT2D eigenvalue weighted by Crippen LogP contribution is 2.43. The number of halogens is 1. The van der Waals surface area contributed by atoms with E-state index >= 15 is 0 Å². The van der Waals surface area contributed by atoms with Crippen molar-refractivity contribution in [2.75, 3.05) is 0 Å². The van der Waals surface area contributed by atoms with Gasteiger partial charge in [-0.1, -0.05) is 54.1 Å². The quantitative estimate of drug-likeness (QED) is 0.650. The van der Waals surface area contributed by atoms with E-state index < -0.39 is 11.9 Å². The van der Waals surface area contributed by atoms with Crippen molar-refractivity contribution >= 4 is 17.6 Å². The smallest absolute Gasteiger partial charge is 0.343 e. The van der Waals surface area contributed by atoms with Crippen LogP contribution in [0.3, 0.4) is 0 Å². The van der Waals surface area contributed by atoms with E-state index in [0.717, 1.165) is 18.4 Å². The molecule has 0 spiro atoms. The first kappa shape index (κ1) is 19.0. The maximum atomic E-state index is 12.7. The largest absolute Gasteiger partial charge is 0.456 e. The number of rotatable bonds is 4. The average Bonchev–Trinajstić information content (AvgIpc) is 2.66. The van der Waals surface area contributed by atoms with Crippen LogP contribution in [-0.2, 0) is 25.4 Å². The SMILES string of the molecule is CC1(C)OC(=O)C2=C(C[C@@H](CCc3ccccc3)O[C@@H]2c2ccc(Cl)cc2)O1. The fraction of sp³-hybridized carbons (Fsp3) is 0.348. The Morgan fingerprint density at radius 2 is 1.75 bits per heavy atom. The lowest BCUT2D eigenvalue weighted by Gasteiger charge is -2.40. The highest BCUT2D eigenvalue weighted by Gasteiger charge is 2.44. The second kappa shape index (κ2) is 7.61. The number of ether oxygens (including phenoxy) is 3. The molecule has 0 aromatic heterocycles. The number of aryl methyl sites for hydroxylation is 1. The summed E-state index contributed by atoms with van der Waals surface area (Å²) in [6.07, 6.45) is 1.72. The van der Waals surface area contributed by atoms with E-state index in [4.69, 9.17) is 25.8 Å². The summed E-state index contributed by atoms with van der Waals surface area (Å²) in [6.45, 7) is 3.50. The first-order valence-electron chi connectivity index (χ1n) is 9.51. The highest BCUT2D eigenvalue weighted by atomic mass is 35.5. The van der Waals surface area contributed by atoms with Gasteiger partial charge in [-0.15, -0.1) is 0 Å². The van der Waals surface area contributed by atoms with E-state index in [9.17, 15) is 4.79 Å². The van der Waals surface area contributed by atoms with Crippen LogP contribution >= 0.6 is 11.6 Å². The molecule has 2 aliphatic heterocycles. The van der Waals surface area contributed by atoms with Crippen LogP contribution in [0.4, 0.5) is 0 Å². The Hall–Kier alpha value is -2.30. The van der Waals surface area contributed by atoms with E-state index in [1.54, 1.807) is 26.0 Å². The number of hydrogen-bond acceptors (Lipinski definition) is 4. The molecule has 4 nitrogen and oxygen atoms in total. The molecule has 2 heterocycles. The zero-order valence-corrected chi connectivity index (χ0v) is 16.7. The topological polar surface area (TPSA) is 44.8 Å². The fourth-order valence-electron chi connectivity index (χ4n) is 3.71. The molecule has 5 heteroatoms. The van der Waals surface area contributed by atoms with Crippen LogP contribution in [0.25, 0.3) is 0 Å². The standard InChI is InChI=1S/C23H23ClO4/c1-23(2)27-19-14-18(13-8-15-6-4-3-5-7-15)26-21(20(19)22(25)28-23)16-9-11-17(24)12-10-16/h3-7,9-12,18,21H,8,13-14H2,1-2H3/t18-,21-/m1/s1. The minimum Gasteiger partial charge on any atom is -0.456 e. The maximum Gasteiger partial charge on any atom is 0.343 e. The molecule has 0 saturated carbocycles. The zero-order valence-electron chi connectivity index (χ0n) is 16.0. The van der Waals surface area contributed by atoms with Gasteiger partial charge in [0.1, 0.15) is 17.4 Å². The molecule has 2 atom stereocenters. The monoisotopic (exact) mass is 398 g/mol. The van der Waals surface area contributed by atoms with E-state index in [0.29, 0.717) is 22.8 Å². The number of esters is 1. The van der Waals surface area contributed by atoms with Crippen molar-refractivity contribution in [1.82, 2.24) is 0 Å². The summed E-state index contributed by atoms with van der Waals surface area (Å²) in [4.78, 5) is 12.7. The average molecular weight is 399 g/mol. The summed E-state index contributed by atoms with van der Waals surface area (Å²) in [5.41, 5.74) is 2.58. The van der Waals surface area contributed by atoms with E-state index in [1.165, 1.54) is 5.56 Å². The molecule has 0 unspecified atom stereocenters. The molecule has 2 aromatic rings. The van der Waals surface area contributed by atoms with Gasteiger partial charge < -0.3 is 14.2 Å². The Labute approximate surface area is 170 Å². The molecule has 0 bridgehead atoms. The van der Waals surface area contributed by atoms with E-state index in [2.05, 4.69) is 12.1 Å². The molecule has 28 heavy (non-hydrogen) atoms. The van der Waals surface area contributed by atoms with Crippen LogP contribution in [0.15, 0.2) is 65.9 Å². The van der Waals surface area contributed by atoms with E-state index in [-0.39, 0.29) is 12.1 Å². The first-order chi connectivity index (χ1) is 13.4. The van der Waals surface area contributed by atoms with Gasteiger partial charge in [-0.25, -0.2) is 4.79 Å². The fourth-order valence-corrected chi connectivity index (χ4v) is 3.84. The molecular weight excluding hydrogens is 376 g/mol. The predicted octanol–water partition coefficient (Wildman–Crippen LogP) is 5.37. The van der Waals surface area contributed by atoms with Crippen LogP contribution in [0, 0.1) is 0 Å². The highest BCUT2D eigenvalue weighted by molar-refractivity contribution is 6.30. The summed E-state index contributed by atoms with van der Waals surface area (Å²) in [5, 5.41) is 0.637. The Bertz CT molecular complexity index is 887. The number of hydrogen-bond donors (Lipinski definition) is 0. The van der Waals surface area contributed by atoms with Gasteiger partial charge in [0.2, 0.25) is 5.79 Å². The molecule has 0 aliphatic carbocycles. The van der Waals surface area contributed by atoms with Gasteiger partial charge >= 0.3 is 5.97 Å². The molecule has 146 valence electrons. The van der Waals surface area contributed by atoms with Crippen molar-refractivity contribution in [2.24, 2.45) is 0 Å². The third kappa shape index (κ3) is 4.08. The lowest BCUT2D eigenvalue weighted by Crippen LogP contribution is -2.42. The number of cyclic esters (lactones) is 1. The lowest BCUT2D eigenvalue weighted by atomic mass is 9.92. The Balaban J connectivity index is 1.62. The van der Waals surface area contributed by atoms with Gasteiger partial charge in [-0.05, 0) is 36.1 Å². The summed E-state index contributed by atoms with van der Waals surface area (Å²) >= 11 is 6.03. The van der Waals surface area contributed by atoms with Crippen molar-refractivity contribution in [2.45, 2.75) is 51.1 Å². The Kier molecular flexibility index (Phi) is 5.17. The molecular formula is C23H23ClO4. The molecule has 4 rings (SSSR count). The predicted molar refractivity (Wildman–Crippen MR) is 107 cm³/mol.